The van der Waals surface area contributed by atoms with Crippen molar-refractivity contribution in [2.45, 2.75) is 13.8 Å². The van der Waals surface area contributed by atoms with Gasteiger partial charge in [0.1, 0.15) is 0 Å². The summed E-state index contributed by atoms with van der Waals surface area (Å²) < 4.78 is 5.05. The predicted molar refractivity (Wildman–Crippen MR) is 56.6 cm³/mol. The van der Waals surface area contributed by atoms with Crippen LogP contribution in [-0.4, -0.2) is 12.6 Å². The lowest BCUT2D eigenvalue weighted by atomic mass is 10.2. The van der Waals surface area contributed by atoms with E-state index in [1.807, 2.05) is 32.0 Å². The van der Waals surface area contributed by atoms with Gasteiger partial charge >= 0.3 is 5.97 Å². The van der Waals surface area contributed by atoms with Crippen molar-refractivity contribution in [2.75, 3.05) is 6.61 Å². The minimum absolute atomic E-state index is 0. The van der Waals surface area contributed by atoms with Crippen molar-refractivity contribution in [1.82, 2.24) is 6.15 Å². The monoisotopic (exact) mass is 195 g/mol. The van der Waals surface area contributed by atoms with Gasteiger partial charge in [0.25, 0.3) is 0 Å². The van der Waals surface area contributed by atoms with Crippen molar-refractivity contribution in [3.63, 3.8) is 0 Å². The molecule has 0 bridgehead atoms. The maximum Gasteiger partial charge on any atom is 0.338 e. The molecule has 14 heavy (non-hydrogen) atoms. The van der Waals surface area contributed by atoms with Gasteiger partial charge in [0.05, 0.1) is 12.2 Å². The molecule has 0 atom stereocenters. The second-order valence-electron chi connectivity index (χ2n) is 3.36. The lowest BCUT2D eigenvalue weighted by Crippen LogP contribution is -2.09. The van der Waals surface area contributed by atoms with Crippen molar-refractivity contribution < 1.29 is 9.53 Å². The summed E-state index contributed by atoms with van der Waals surface area (Å²) in [7, 11) is 0. The fraction of sp³-hybridized carbons (Fsp3) is 0.364. The molecule has 3 N–H and O–H groups in total. The second-order valence-corrected chi connectivity index (χ2v) is 3.36. The molecule has 0 fully saturated rings. The summed E-state index contributed by atoms with van der Waals surface area (Å²) in [5.41, 5.74) is 0.614. The van der Waals surface area contributed by atoms with Gasteiger partial charge < -0.3 is 10.9 Å². The Hall–Kier alpha value is -1.35. The van der Waals surface area contributed by atoms with Crippen molar-refractivity contribution in [3.8, 4) is 0 Å². The molecule has 0 aliphatic rings. The van der Waals surface area contributed by atoms with Gasteiger partial charge in [-0.2, -0.15) is 0 Å². The number of carbonyl (C=O) groups excluding carboxylic acids is 1. The van der Waals surface area contributed by atoms with Crippen LogP contribution in [0, 0.1) is 5.92 Å². The Balaban J connectivity index is 0.00000169. The SMILES string of the molecule is CC(C)COC(=O)c1ccccc1.N. The standard InChI is InChI=1S/C11H14O2.H3N/c1-9(2)8-13-11(12)10-6-4-3-5-7-10;/h3-7,9H,8H2,1-2H3;1H3. The van der Waals surface area contributed by atoms with E-state index in [2.05, 4.69) is 0 Å². The second kappa shape index (κ2) is 6.16. The fourth-order valence-electron chi connectivity index (χ4n) is 0.900. The van der Waals surface area contributed by atoms with Crippen LogP contribution in [0.1, 0.15) is 24.2 Å². The van der Waals surface area contributed by atoms with Crippen LogP contribution >= 0.6 is 0 Å². The van der Waals surface area contributed by atoms with E-state index in [-0.39, 0.29) is 12.1 Å². The molecule has 0 amide bonds. The first kappa shape index (κ1) is 12.7. The van der Waals surface area contributed by atoms with E-state index in [1.165, 1.54) is 0 Å². The van der Waals surface area contributed by atoms with Gasteiger partial charge in [-0.1, -0.05) is 32.0 Å². The summed E-state index contributed by atoms with van der Waals surface area (Å²) in [5, 5.41) is 0. The number of hydrogen-bond acceptors (Lipinski definition) is 3. The minimum Gasteiger partial charge on any atom is -0.462 e. The average molecular weight is 195 g/mol. The molecule has 3 nitrogen and oxygen atoms in total. The first-order chi connectivity index (χ1) is 6.20. The smallest absolute Gasteiger partial charge is 0.338 e. The van der Waals surface area contributed by atoms with Gasteiger partial charge in [-0.05, 0) is 18.1 Å². The molecule has 0 radical (unpaired) electrons. The molecule has 0 aromatic heterocycles. The van der Waals surface area contributed by atoms with Crippen LogP contribution in [0.2, 0.25) is 0 Å². The number of carbonyl (C=O) groups is 1. The third-order valence-electron chi connectivity index (χ3n) is 1.56. The van der Waals surface area contributed by atoms with E-state index in [0.29, 0.717) is 18.1 Å². The third-order valence-corrected chi connectivity index (χ3v) is 1.56. The lowest BCUT2D eigenvalue weighted by molar-refractivity contribution is 0.0459. The summed E-state index contributed by atoms with van der Waals surface area (Å²) in [6.07, 6.45) is 0. The number of ether oxygens (including phenoxy) is 1. The highest BCUT2D eigenvalue weighted by Crippen LogP contribution is 2.02. The molecule has 0 aliphatic carbocycles. The van der Waals surface area contributed by atoms with Crippen molar-refractivity contribution in [1.29, 1.82) is 0 Å². The highest BCUT2D eigenvalue weighted by molar-refractivity contribution is 5.89. The Morgan fingerprint density at radius 1 is 1.29 bits per heavy atom. The summed E-state index contributed by atoms with van der Waals surface area (Å²) in [6.45, 7) is 4.50. The van der Waals surface area contributed by atoms with Crippen LogP contribution in [0.3, 0.4) is 0 Å². The molecule has 3 heteroatoms. The van der Waals surface area contributed by atoms with Crippen LogP contribution in [0.5, 0.6) is 0 Å². The summed E-state index contributed by atoms with van der Waals surface area (Å²) in [5.74, 6) is 0.141. The molecule has 1 rings (SSSR count). The highest BCUT2D eigenvalue weighted by atomic mass is 16.5. The van der Waals surface area contributed by atoms with E-state index in [4.69, 9.17) is 4.74 Å². The first-order valence-electron chi connectivity index (χ1n) is 4.42. The van der Waals surface area contributed by atoms with Gasteiger partial charge in [0, 0.05) is 0 Å². The molecule has 1 aromatic rings. The van der Waals surface area contributed by atoms with E-state index in [1.54, 1.807) is 12.1 Å². The van der Waals surface area contributed by atoms with E-state index >= 15 is 0 Å². The highest BCUT2D eigenvalue weighted by Gasteiger charge is 2.05. The van der Waals surface area contributed by atoms with Crippen molar-refractivity contribution in [3.05, 3.63) is 35.9 Å². The maximum absolute atomic E-state index is 11.3. The molecular weight excluding hydrogens is 178 g/mol. The zero-order valence-corrected chi connectivity index (χ0v) is 8.69. The Labute approximate surface area is 84.7 Å². The quantitative estimate of drug-likeness (QED) is 0.754. The lowest BCUT2D eigenvalue weighted by Gasteiger charge is -2.06. The number of benzene rings is 1. The molecule has 0 unspecified atom stereocenters. The normalized spacial score (nSPS) is 9.36. The van der Waals surface area contributed by atoms with Crippen molar-refractivity contribution in [2.24, 2.45) is 5.92 Å². The Morgan fingerprint density at radius 3 is 2.36 bits per heavy atom. The summed E-state index contributed by atoms with van der Waals surface area (Å²) in [4.78, 5) is 11.3. The van der Waals surface area contributed by atoms with Crippen LogP contribution < -0.4 is 6.15 Å². The van der Waals surface area contributed by atoms with Gasteiger partial charge in [0.15, 0.2) is 0 Å². The first-order valence-corrected chi connectivity index (χ1v) is 4.42. The van der Waals surface area contributed by atoms with Gasteiger partial charge in [-0.25, -0.2) is 4.79 Å². The number of rotatable bonds is 3. The molecule has 0 heterocycles. The van der Waals surface area contributed by atoms with E-state index in [0.717, 1.165) is 0 Å². The zero-order valence-electron chi connectivity index (χ0n) is 8.69. The molecule has 0 saturated carbocycles. The molecule has 0 saturated heterocycles. The molecule has 1 aromatic carbocycles. The minimum atomic E-state index is -0.241. The van der Waals surface area contributed by atoms with E-state index in [9.17, 15) is 4.79 Å². The molecular formula is C11H17NO2. The largest absolute Gasteiger partial charge is 0.462 e. The van der Waals surface area contributed by atoms with Gasteiger partial charge in [-0.15, -0.1) is 0 Å². The van der Waals surface area contributed by atoms with Crippen LogP contribution in [0.4, 0.5) is 0 Å². The number of hydrogen-bond donors (Lipinski definition) is 1. The summed E-state index contributed by atoms with van der Waals surface area (Å²) in [6, 6.07) is 9.03. The van der Waals surface area contributed by atoms with Crippen LogP contribution in [0.15, 0.2) is 30.3 Å². The van der Waals surface area contributed by atoms with Crippen molar-refractivity contribution >= 4 is 5.97 Å². The predicted octanol–water partition coefficient (Wildman–Crippen LogP) is 2.66. The molecule has 78 valence electrons. The van der Waals surface area contributed by atoms with Crippen LogP contribution in [-0.2, 0) is 4.74 Å². The van der Waals surface area contributed by atoms with Gasteiger partial charge in [-0.3, -0.25) is 0 Å². The third kappa shape index (κ3) is 4.05. The Kier molecular flexibility index (Phi) is 5.56. The van der Waals surface area contributed by atoms with Crippen LogP contribution in [0.25, 0.3) is 0 Å². The molecule has 0 aliphatic heterocycles. The fourth-order valence-corrected chi connectivity index (χ4v) is 0.900. The van der Waals surface area contributed by atoms with Gasteiger partial charge in [0.2, 0.25) is 0 Å². The maximum atomic E-state index is 11.3. The Morgan fingerprint density at radius 2 is 1.86 bits per heavy atom. The summed E-state index contributed by atoms with van der Waals surface area (Å²) >= 11 is 0. The average Bonchev–Trinajstić information content (AvgIpc) is 2.15. The number of esters is 1. The Bertz CT molecular complexity index is 270. The topological polar surface area (TPSA) is 61.3 Å². The zero-order chi connectivity index (χ0) is 9.68. The van der Waals surface area contributed by atoms with E-state index < -0.39 is 0 Å². The molecule has 0 spiro atoms.